The minimum Gasteiger partial charge on any atom is -0.438 e. The SMILES string of the molecule is CC(C)(C)C(=O)OCOP(=O)(/C=C1\[C@@]2(CCl)O[C@@H](n3ccc(N)nc3=O)[C@H](F)[C@@]12O)OCOC(=O)C(C)(C)C. The van der Waals surface area contributed by atoms with Gasteiger partial charge in [0.15, 0.2) is 18.0 Å². The van der Waals surface area contributed by atoms with E-state index in [9.17, 15) is 24.1 Å². The van der Waals surface area contributed by atoms with E-state index in [2.05, 4.69) is 4.98 Å². The summed E-state index contributed by atoms with van der Waals surface area (Å²) < 4.78 is 56.0. The van der Waals surface area contributed by atoms with Crippen LogP contribution in [0, 0.1) is 10.8 Å². The van der Waals surface area contributed by atoms with E-state index in [0.29, 0.717) is 0 Å². The summed E-state index contributed by atoms with van der Waals surface area (Å²) >= 11 is 6.05. The van der Waals surface area contributed by atoms with Gasteiger partial charge in [0.25, 0.3) is 0 Å². The second-order valence-corrected chi connectivity index (χ2v) is 13.2. The molecule has 1 saturated heterocycles. The number of rotatable bonds is 9. The summed E-state index contributed by atoms with van der Waals surface area (Å²) in [6, 6.07) is 1.24. The second kappa shape index (κ2) is 10.6. The molecule has 0 amide bonds. The number of hydrogen-bond acceptors (Lipinski definition) is 12. The number of hydrogen-bond donors (Lipinski definition) is 2. The summed E-state index contributed by atoms with van der Waals surface area (Å²) in [6.07, 6.45) is -2.75. The number of anilines is 1. The molecule has 39 heavy (non-hydrogen) atoms. The van der Waals surface area contributed by atoms with Crippen LogP contribution in [0.15, 0.2) is 28.4 Å². The quantitative estimate of drug-likeness (QED) is 0.185. The topological polar surface area (TPSA) is 178 Å². The minimum absolute atomic E-state index is 0.101. The number of alkyl halides is 2. The van der Waals surface area contributed by atoms with E-state index in [0.717, 1.165) is 16.6 Å². The number of nitrogens with zero attached hydrogens (tertiary/aromatic N) is 2. The number of ether oxygens (including phenoxy) is 3. The van der Waals surface area contributed by atoms with Gasteiger partial charge in [0, 0.05) is 17.6 Å². The lowest BCUT2D eigenvalue weighted by Crippen LogP contribution is -2.36. The number of nitrogens with two attached hydrogens (primary N) is 1. The Bertz CT molecular complexity index is 1230. The molecule has 0 spiro atoms. The smallest absolute Gasteiger partial charge is 0.360 e. The van der Waals surface area contributed by atoms with E-state index < -0.39 is 79.1 Å². The van der Waals surface area contributed by atoms with Crippen LogP contribution < -0.4 is 11.4 Å². The van der Waals surface area contributed by atoms with Crippen molar-refractivity contribution in [2.45, 2.75) is 65.1 Å². The lowest BCUT2D eigenvalue weighted by Gasteiger charge is -2.22. The van der Waals surface area contributed by atoms with Crippen LogP contribution in [-0.2, 0) is 37.4 Å². The van der Waals surface area contributed by atoms with Crippen molar-refractivity contribution in [3.63, 3.8) is 0 Å². The monoisotopic (exact) mass is 595 g/mol. The van der Waals surface area contributed by atoms with E-state index >= 15 is 4.39 Å². The number of esters is 2. The summed E-state index contributed by atoms with van der Waals surface area (Å²) in [5, 5.41) is 11.2. The highest BCUT2D eigenvalue weighted by atomic mass is 35.5. The van der Waals surface area contributed by atoms with Crippen molar-refractivity contribution in [3.8, 4) is 0 Å². The van der Waals surface area contributed by atoms with Gasteiger partial charge >= 0.3 is 25.2 Å². The molecule has 0 bridgehead atoms. The average molecular weight is 596 g/mol. The number of nitrogen functional groups attached to an aromatic ring is 1. The highest BCUT2D eigenvalue weighted by molar-refractivity contribution is 7.57. The maximum atomic E-state index is 15.6. The molecule has 0 unspecified atom stereocenters. The predicted molar refractivity (Wildman–Crippen MR) is 135 cm³/mol. The van der Waals surface area contributed by atoms with Gasteiger partial charge in [-0.15, -0.1) is 11.6 Å². The van der Waals surface area contributed by atoms with Gasteiger partial charge in [-0.1, -0.05) is 0 Å². The van der Waals surface area contributed by atoms with Crippen LogP contribution in [0.5, 0.6) is 0 Å². The van der Waals surface area contributed by atoms with Crippen LogP contribution >= 0.6 is 19.2 Å². The van der Waals surface area contributed by atoms with Crippen molar-refractivity contribution < 1.29 is 46.9 Å². The lowest BCUT2D eigenvalue weighted by molar-refractivity contribution is -0.161. The third kappa shape index (κ3) is 5.91. The fourth-order valence-electron chi connectivity index (χ4n) is 3.70. The molecule has 3 N–H and O–H groups in total. The molecule has 1 saturated carbocycles. The fourth-order valence-corrected chi connectivity index (χ4v) is 5.45. The van der Waals surface area contributed by atoms with Gasteiger partial charge in [0.2, 0.25) is 13.6 Å². The number of fused-ring (bicyclic) bond motifs is 1. The molecule has 16 heteroatoms. The Labute approximate surface area is 228 Å². The van der Waals surface area contributed by atoms with Gasteiger partial charge in [-0.25, -0.2) is 9.18 Å². The summed E-state index contributed by atoms with van der Waals surface area (Å²) in [6.45, 7) is 7.83. The average Bonchev–Trinajstić information content (AvgIpc) is 3.21. The molecule has 0 aromatic carbocycles. The van der Waals surface area contributed by atoms with Crippen LogP contribution in [0.3, 0.4) is 0 Å². The van der Waals surface area contributed by atoms with Gasteiger partial charge in [-0.2, -0.15) is 4.98 Å². The normalized spacial score (nSPS) is 27.8. The van der Waals surface area contributed by atoms with Crippen molar-refractivity contribution in [2.24, 2.45) is 10.8 Å². The zero-order valence-electron chi connectivity index (χ0n) is 22.3. The number of aromatic nitrogens is 2. The minimum atomic E-state index is -4.50. The summed E-state index contributed by atoms with van der Waals surface area (Å²) in [5.74, 6) is -1.20. The van der Waals surface area contributed by atoms with Crippen molar-refractivity contribution in [1.82, 2.24) is 9.55 Å². The van der Waals surface area contributed by atoms with Crippen LogP contribution in [0.25, 0.3) is 0 Å². The predicted octanol–water partition coefficient (Wildman–Crippen LogP) is 2.62. The van der Waals surface area contributed by atoms with Crippen LogP contribution in [-0.4, -0.2) is 63.4 Å². The first-order valence-corrected chi connectivity index (χ1v) is 13.9. The third-order valence-electron chi connectivity index (χ3n) is 6.04. The van der Waals surface area contributed by atoms with Gasteiger partial charge in [-0.3, -0.25) is 27.8 Å². The molecule has 2 fully saturated rings. The maximum Gasteiger partial charge on any atom is 0.360 e. The molecular formula is C23H32ClFN3O10P. The summed E-state index contributed by atoms with van der Waals surface area (Å²) in [5.41, 5.74) is -1.89. The Morgan fingerprint density at radius 3 is 2.13 bits per heavy atom. The highest BCUT2D eigenvalue weighted by Crippen LogP contribution is 2.71. The zero-order chi connectivity index (χ0) is 29.6. The first-order chi connectivity index (χ1) is 17.8. The summed E-state index contributed by atoms with van der Waals surface area (Å²) in [4.78, 5) is 39.9. The van der Waals surface area contributed by atoms with Crippen molar-refractivity contribution >= 4 is 37.0 Å². The van der Waals surface area contributed by atoms with Crippen molar-refractivity contribution in [3.05, 3.63) is 34.1 Å². The molecule has 1 aliphatic carbocycles. The first-order valence-electron chi connectivity index (χ1n) is 11.7. The van der Waals surface area contributed by atoms with Gasteiger partial charge in [0.05, 0.1) is 16.7 Å². The van der Waals surface area contributed by atoms with E-state index in [-0.39, 0.29) is 11.4 Å². The Morgan fingerprint density at radius 2 is 1.72 bits per heavy atom. The molecule has 1 aliphatic heterocycles. The largest absolute Gasteiger partial charge is 0.438 e. The highest BCUT2D eigenvalue weighted by Gasteiger charge is 2.84. The van der Waals surface area contributed by atoms with Crippen molar-refractivity contribution in [1.29, 1.82) is 0 Å². The second-order valence-electron chi connectivity index (χ2n) is 11.1. The fraction of sp³-hybridized carbons (Fsp3) is 0.652. The molecule has 2 heterocycles. The first kappa shape index (κ1) is 31.2. The van der Waals surface area contributed by atoms with E-state index in [1.807, 2.05) is 0 Å². The Kier molecular flexibility index (Phi) is 8.45. The van der Waals surface area contributed by atoms with Crippen LogP contribution in [0.2, 0.25) is 0 Å². The maximum absolute atomic E-state index is 15.6. The van der Waals surface area contributed by atoms with E-state index in [1.54, 1.807) is 41.5 Å². The number of aliphatic hydroxyl groups is 1. The molecular weight excluding hydrogens is 564 g/mol. The molecule has 1 aromatic rings. The Hall–Kier alpha value is -2.35. The molecule has 13 nitrogen and oxygen atoms in total. The molecule has 0 radical (unpaired) electrons. The van der Waals surface area contributed by atoms with Crippen molar-refractivity contribution in [2.75, 3.05) is 25.2 Å². The zero-order valence-corrected chi connectivity index (χ0v) is 24.0. The Morgan fingerprint density at radius 1 is 1.21 bits per heavy atom. The molecule has 2 aliphatic rings. The number of carbonyl (C=O) groups is 2. The molecule has 218 valence electrons. The Balaban J connectivity index is 1.88. The van der Waals surface area contributed by atoms with E-state index in [1.165, 1.54) is 6.07 Å². The van der Waals surface area contributed by atoms with Crippen LogP contribution in [0.4, 0.5) is 10.2 Å². The van der Waals surface area contributed by atoms with E-state index in [4.69, 9.17) is 40.6 Å². The number of halogens is 2. The standard InChI is InChI=1S/C23H32ClFN3O10P/c1-20(2,3)17(29)34-11-36-39(33,37-12-35-18(30)21(4,5)6)9-13-22(10-24)23(13,32)15(25)16(38-22)28-8-7-14(26)27-19(28)31/h7-9,15-16,32H,10-12H2,1-6H3,(H2,26,27,31)/b13-9+/t15-,16+,22+,23-/m0/s1. The van der Waals surface area contributed by atoms with Gasteiger partial charge in [0.1, 0.15) is 11.4 Å². The third-order valence-corrected chi connectivity index (χ3v) is 7.92. The molecule has 3 rings (SSSR count). The summed E-state index contributed by atoms with van der Waals surface area (Å²) in [7, 11) is -4.50. The van der Waals surface area contributed by atoms with Gasteiger partial charge < -0.3 is 25.1 Å². The molecule has 4 atom stereocenters. The molecule has 1 aromatic heterocycles. The number of carbonyl (C=O) groups excluding carboxylic acids is 2. The lowest BCUT2D eigenvalue weighted by atomic mass is 9.98. The van der Waals surface area contributed by atoms with Gasteiger partial charge in [-0.05, 0) is 47.6 Å². The van der Waals surface area contributed by atoms with Crippen LogP contribution in [0.1, 0.15) is 47.8 Å².